The summed E-state index contributed by atoms with van der Waals surface area (Å²) in [4.78, 5) is 25.8. The first-order chi connectivity index (χ1) is 11.2. The first-order valence-corrected chi connectivity index (χ1v) is 7.60. The third-order valence-electron chi connectivity index (χ3n) is 3.77. The van der Waals surface area contributed by atoms with Crippen LogP contribution < -0.4 is 10.2 Å². The number of carbonyl (C=O) groups is 2. The van der Waals surface area contributed by atoms with Crippen molar-refractivity contribution in [2.24, 2.45) is 0 Å². The number of fused-ring (bicyclic) bond motifs is 1. The van der Waals surface area contributed by atoms with Gasteiger partial charge in [-0.25, -0.2) is 4.68 Å². The van der Waals surface area contributed by atoms with E-state index in [9.17, 15) is 9.59 Å². The van der Waals surface area contributed by atoms with Gasteiger partial charge in [0.15, 0.2) is 0 Å². The van der Waals surface area contributed by atoms with Crippen LogP contribution in [0, 0.1) is 0 Å². The number of carbonyl (C=O) groups excluding carboxylic acids is 2. The second-order valence-electron chi connectivity index (χ2n) is 5.39. The highest BCUT2D eigenvalue weighted by Gasteiger charge is 2.23. The maximum atomic E-state index is 12.3. The maximum absolute atomic E-state index is 12.3. The molecule has 120 valence electrons. The molecule has 0 radical (unpaired) electrons. The van der Waals surface area contributed by atoms with Crippen molar-refractivity contribution >= 4 is 17.5 Å². The Balaban J connectivity index is 1.39. The first-order valence-electron chi connectivity index (χ1n) is 7.60. The Morgan fingerprint density at radius 3 is 2.96 bits per heavy atom. The molecule has 0 atom stereocenters. The summed E-state index contributed by atoms with van der Waals surface area (Å²) < 4.78 is 1.35. The molecule has 2 aromatic rings. The van der Waals surface area contributed by atoms with Crippen LogP contribution in [0.15, 0.2) is 30.6 Å². The van der Waals surface area contributed by atoms with Crippen molar-refractivity contribution in [2.45, 2.75) is 25.8 Å². The Bertz CT molecular complexity index is 685. The highest BCUT2D eigenvalue weighted by atomic mass is 16.2. The van der Waals surface area contributed by atoms with E-state index in [1.54, 1.807) is 0 Å². The van der Waals surface area contributed by atoms with Crippen molar-refractivity contribution in [1.29, 1.82) is 0 Å². The van der Waals surface area contributed by atoms with Crippen LogP contribution in [-0.2, 0) is 22.6 Å². The summed E-state index contributed by atoms with van der Waals surface area (Å²) in [6.45, 7) is 1.28. The van der Waals surface area contributed by atoms with Crippen LogP contribution in [0.4, 0.5) is 5.69 Å². The zero-order chi connectivity index (χ0) is 16.1. The largest absolute Gasteiger partial charge is 0.354 e. The second kappa shape index (κ2) is 6.99. The number of anilines is 1. The summed E-state index contributed by atoms with van der Waals surface area (Å²) >= 11 is 0. The smallest absolute Gasteiger partial charge is 0.241 e. The number of benzene rings is 1. The Labute approximate surface area is 133 Å². The summed E-state index contributed by atoms with van der Waals surface area (Å²) in [5, 5.41) is 13.3. The highest BCUT2D eigenvalue weighted by molar-refractivity contribution is 5.95. The Morgan fingerprint density at radius 2 is 2.13 bits per heavy atom. The van der Waals surface area contributed by atoms with Crippen molar-refractivity contribution < 1.29 is 9.59 Å². The van der Waals surface area contributed by atoms with Crippen LogP contribution in [0.2, 0.25) is 0 Å². The predicted octanol–water partition coefficient (Wildman–Crippen LogP) is 0.159. The molecule has 1 aliphatic heterocycles. The van der Waals surface area contributed by atoms with Gasteiger partial charge < -0.3 is 10.2 Å². The summed E-state index contributed by atoms with van der Waals surface area (Å²) in [5.41, 5.74) is 2.23. The van der Waals surface area contributed by atoms with E-state index in [2.05, 4.69) is 26.9 Å². The highest BCUT2D eigenvalue weighted by Crippen LogP contribution is 2.27. The quantitative estimate of drug-likeness (QED) is 0.767. The van der Waals surface area contributed by atoms with E-state index < -0.39 is 0 Å². The van der Waals surface area contributed by atoms with E-state index in [1.165, 1.54) is 16.6 Å². The molecular formula is C15H18N6O2. The Kier molecular flexibility index (Phi) is 4.60. The third kappa shape index (κ3) is 3.71. The molecule has 23 heavy (non-hydrogen) atoms. The Hall–Kier alpha value is -2.77. The van der Waals surface area contributed by atoms with E-state index in [1.807, 2.05) is 23.1 Å². The lowest BCUT2D eigenvalue weighted by Gasteiger charge is -2.17. The van der Waals surface area contributed by atoms with Gasteiger partial charge in [0, 0.05) is 25.2 Å². The number of nitrogens with zero attached hydrogens (tertiary/aromatic N) is 5. The zero-order valence-corrected chi connectivity index (χ0v) is 12.7. The number of tetrazole rings is 1. The molecule has 1 aromatic heterocycles. The van der Waals surface area contributed by atoms with Crippen molar-refractivity contribution in [2.75, 3.05) is 18.0 Å². The third-order valence-corrected chi connectivity index (χ3v) is 3.77. The van der Waals surface area contributed by atoms with Crippen molar-refractivity contribution in [1.82, 2.24) is 25.5 Å². The van der Waals surface area contributed by atoms with Crippen LogP contribution in [-0.4, -0.2) is 45.1 Å². The number of rotatable bonds is 6. The predicted molar refractivity (Wildman–Crippen MR) is 82.6 cm³/mol. The standard InChI is InChI=1S/C15H18N6O2/c22-14(10-20-11-17-18-19-20)16-8-3-6-15(23)21-9-7-12-4-1-2-5-13(12)21/h1-2,4-5,11H,3,6-10H2,(H,16,22). The molecule has 3 rings (SSSR count). The molecule has 0 saturated carbocycles. The average Bonchev–Trinajstić information content (AvgIpc) is 3.20. The Morgan fingerprint density at radius 1 is 1.26 bits per heavy atom. The fourth-order valence-corrected chi connectivity index (χ4v) is 2.66. The second-order valence-corrected chi connectivity index (χ2v) is 5.39. The van der Waals surface area contributed by atoms with Crippen LogP contribution >= 0.6 is 0 Å². The van der Waals surface area contributed by atoms with Crippen molar-refractivity contribution in [3.63, 3.8) is 0 Å². The van der Waals surface area contributed by atoms with Crippen molar-refractivity contribution in [3.8, 4) is 0 Å². The lowest BCUT2D eigenvalue weighted by molar-refractivity contribution is -0.122. The van der Waals surface area contributed by atoms with Crippen LogP contribution in [0.5, 0.6) is 0 Å². The first kappa shape index (κ1) is 15.1. The number of nitrogens with one attached hydrogen (secondary N) is 1. The van der Waals surface area contributed by atoms with E-state index >= 15 is 0 Å². The molecule has 2 heterocycles. The summed E-state index contributed by atoms with van der Waals surface area (Å²) in [6.07, 6.45) is 3.32. The summed E-state index contributed by atoms with van der Waals surface area (Å²) in [6, 6.07) is 7.98. The molecule has 1 N–H and O–H groups in total. The minimum absolute atomic E-state index is 0.0838. The van der Waals surface area contributed by atoms with Gasteiger partial charge in [-0.3, -0.25) is 9.59 Å². The maximum Gasteiger partial charge on any atom is 0.241 e. The summed E-state index contributed by atoms with van der Waals surface area (Å²) in [5.74, 6) is -0.0686. The molecule has 0 fully saturated rings. The van der Waals surface area contributed by atoms with E-state index in [0.717, 1.165) is 18.7 Å². The van der Waals surface area contributed by atoms with Gasteiger partial charge >= 0.3 is 0 Å². The molecule has 2 amide bonds. The van der Waals surface area contributed by atoms with Gasteiger partial charge in [0.25, 0.3) is 0 Å². The van der Waals surface area contributed by atoms with E-state index in [0.29, 0.717) is 19.4 Å². The van der Waals surface area contributed by atoms with Gasteiger partial charge in [-0.2, -0.15) is 0 Å². The van der Waals surface area contributed by atoms with Crippen LogP contribution in [0.1, 0.15) is 18.4 Å². The van der Waals surface area contributed by atoms with E-state index in [4.69, 9.17) is 0 Å². The average molecular weight is 314 g/mol. The molecule has 1 aromatic carbocycles. The number of aromatic nitrogens is 4. The number of hydrogen-bond acceptors (Lipinski definition) is 5. The van der Waals surface area contributed by atoms with Gasteiger partial charge in [-0.05, 0) is 34.9 Å². The van der Waals surface area contributed by atoms with Gasteiger partial charge in [0.05, 0.1) is 0 Å². The van der Waals surface area contributed by atoms with E-state index in [-0.39, 0.29) is 18.4 Å². The van der Waals surface area contributed by atoms with Gasteiger partial charge in [0.1, 0.15) is 12.9 Å². The molecule has 0 unspecified atom stereocenters. The summed E-state index contributed by atoms with van der Waals surface area (Å²) in [7, 11) is 0. The number of hydrogen-bond donors (Lipinski definition) is 1. The minimum atomic E-state index is -0.170. The lowest BCUT2D eigenvalue weighted by atomic mass is 10.2. The molecule has 8 nitrogen and oxygen atoms in total. The zero-order valence-electron chi connectivity index (χ0n) is 12.7. The number of amides is 2. The topological polar surface area (TPSA) is 93.0 Å². The molecule has 0 bridgehead atoms. The monoisotopic (exact) mass is 314 g/mol. The van der Waals surface area contributed by atoms with Gasteiger partial charge in [-0.15, -0.1) is 5.10 Å². The molecule has 8 heteroatoms. The number of para-hydroxylation sites is 1. The van der Waals surface area contributed by atoms with Gasteiger partial charge in [0.2, 0.25) is 11.8 Å². The van der Waals surface area contributed by atoms with Crippen molar-refractivity contribution in [3.05, 3.63) is 36.2 Å². The minimum Gasteiger partial charge on any atom is -0.354 e. The molecule has 0 saturated heterocycles. The van der Waals surface area contributed by atoms with Gasteiger partial charge in [-0.1, -0.05) is 18.2 Å². The van der Waals surface area contributed by atoms with Crippen LogP contribution in [0.3, 0.4) is 0 Å². The fourth-order valence-electron chi connectivity index (χ4n) is 2.66. The van der Waals surface area contributed by atoms with Crippen LogP contribution in [0.25, 0.3) is 0 Å². The molecule has 0 spiro atoms. The molecule has 1 aliphatic rings. The normalized spacial score (nSPS) is 13.0. The molecular weight excluding hydrogens is 296 g/mol. The fraction of sp³-hybridized carbons (Fsp3) is 0.400. The SMILES string of the molecule is O=C(Cn1cnnn1)NCCCC(=O)N1CCc2ccccc21. The molecule has 0 aliphatic carbocycles. The lowest BCUT2D eigenvalue weighted by Crippen LogP contribution is -2.31.